The summed E-state index contributed by atoms with van der Waals surface area (Å²) in [5, 5.41) is 7.23. The molecule has 3 fully saturated rings. The van der Waals surface area contributed by atoms with E-state index in [-0.39, 0.29) is 2.85 Å². The molecule has 5 aliphatic rings. The third-order valence-corrected chi connectivity index (χ3v) is 9.13. The summed E-state index contributed by atoms with van der Waals surface area (Å²) in [7, 11) is 0. The van der Waals surface area contributed by atoms with Gasteiger partial charge in [0.1, 0.15) is 11.6 Å². The molecule has 5 aliphatic heterocycles. The van der Waals surface area contributed by atoms with E-state index in [9.17, 15) is 0 Å². The van der Waals surface area contributed by atoms with Gasteiger partial charge in [-0.25, -0.2) is 19.9 Å². The molecule has 0 radical (unpaired) electrons. The van der Waals surface area contributed by atoms with Gasteiger partial charge in [-0.05, 0) is 32.1 Å². The topological polar surface area (TPSA) is 101 Å². The Hall–Kier alpha value is -2.72. The lowest BCUT2D eigenvalue weighted by molar-refractivity contribution is 0.283. The Morgan fingerprint density at radius 3 is 2.37 bits per heavy atom. The van der Waals surface area contributed by atoms with Gasteiger partial charge in [0.2, 0.25) is 0 Å². The smallest absolute Gasteiger partial charge is 0.183 e. The van der Waals surface area contributed by atoms with Crippen LogP contribution < -0.4 is 29.9 Å². The summed E-state index contributed by atoms with van der Waals surface area (Å²) in [6, 6.07) is 2.20. The van der Waals surface area contributed by atoms with E-state index in [1.165, 1.54) is 12.8 Å². The molecule has 4 atom stereocenters. The Kier molecular flexibility index (Phi) is 10.3. The Balaban J connectivity index is 0.000000225. The number of nitrogens with one attached hydrogen (secondary N) is 2. The van der Waals surface area contributed by atoms with Gasteiger partial charge < -0.3 is 29.9 Å². The van der Waals surface area contributed by atoms with E-state index >= 15 is 0 Å². The van der Waals surface area contributed by atoms with Crippen molar-refractivity contribution in [3.63, 3.8) is 0 Å². The average Bonchev–Trinajstić information content (AvgIpc) is 3.18. The summed E-state index contributed by atoms with van der Waals surface area (Å²) < 4.78 is 12.1. The molecule has 43 heavy (non-hydrogen) atoms. The van der Waals surface area contributed by atoms with Crippen molar-refractivity contribution in [2.24, 2.45) is 0 Å². The van der Waals surface area contributed by atoms with E-state index < -0.39 is 0 Å². The van der Waals surface area contributed by atoms with E-state index in [2.05, 4.69) is 65.0 Å². The number of aryl methyl sites for hydroxylation is 2. The molecule has 2 N–H and O–H groups in total. The second-order valence-electron chi connectivity index (χ2n) is 12.7. The van der Waals surface area contributed by atoms with Gasteiger partial charge in [-0.2, -0.15) is 0 Å². The third-order valence-electron chi connectivity index (χ3n) is 9.13. The first kappa shape index (κ1) is 31.7. The minimum atomic E-state index is 0. The van der Waals surface area contributed by atoms with E-state index in [4.69, 9.17) is 19.4 Å². The molecule has 2 bridgehead atoms. The summed E-state index contributed by atoms with van der Waals surface area (Å²) >= 11 is 0. The van der Waals surface area contributed by atoms with Crippen LogP contribution in [0.4, 0.5) is 11.6 Å². The van der Waals surface area contributed by atoms with Crippen molar-refractivity contribution < 1.29 is 12.3 Å². The lowest BCUT2D eigenvalue weighted by atomic mass is 10.0. The minimum Gasteiger partial charge on any atom is -0.488 e. The Morgan fingerprint density at radius 2 is 1.63 bits per heavy atom. The van der Waals surface area contributed by atoms with Gasteiger partial charge in [0.15, 0.2) is 23.1 Å². The van der Waals surface area contributed by atoms with Crippen molar-refractivity contribution in [2.75, 3.05) is 49.2 Å². The van der Waals surface area contributed by atoms with E-state index in [1.807, 2.05) is 20.8 Å². The number of aromatic nitrogens is 4. The summed E-state index contributed by atoms with van der Waals surface area (Å²) in [6.07, 6.45) is 5.58. The number of anilines is 2. The zero-order valence-electron chi connectivity index (χ0n) is 27.7. The molecule has 0 amide bonds. The highest BCUT2D eigenvalue weighted by molar-refractivity contribution is 5.59. The lowest BCUT2D eigenvalue weighted by Crippen LogP contribution is -2.58. The quantitative estimate of drug-likeness (QED) is 0.488. The number of fused-ring (bicyclic) bond motifs is 9. The molecular weight excluding hydrogens is 540 g/mol. The standard InChI is InChI=1S/C17H26N4O.C14H22N4O.C2H6.2H2/c1-4-12-15-17(20-16(19-12)10(2)3)21-9-11-5-6-13(18-11)14(21)7-8-22-15;1-9(2)12-13-14(17-10(3)16-12)18-6-5-15-8-11(18)4-7-19-13;1-2;;/h10-11,13-14,18H,4-9H2,1-3H3;9,11,15H,4-8H2,1-3H3;1-2H3;2*1H. The van der Waals surface area contributed by atoms with Crippen LogP contribution in [0.5, 0.6) is 11.5 Å². The summed E-state index contributed by atoms with van der Waals surface area (Å²) in [5.41, 5.74) is 2.11. The molecule has 0 aliphatic carbocycles. The van der Waals surface area contributed by atoms with Crippen LogP contribution in [-0.4, -0.2) is 83.5 Å². The van der Waals surface area contributed by atoms with Gasteiger partial charge in [-0.1, -0.05) is 48.5 Å². The monoisotopic (exact) mass is 598 g/mol. The van der Waals surface area contributed by atoms with Gasteiger partial charge in [0.25, 0.3) is 0 Å². The number of nitrogens with zero attached hydrogens (tertiary/aromatic N) is 6. The first-order chi connectivity index (χ1) is 20.8. The van der Waals surface area contributed by atoms with Crippen LogP contribution in [0.1, 0.15) is 112 Å². The first-order valence-corrected chi connectivity index (χ1v) is 16.9. The minimum absolute atomic E-state index is 0. The number of piperazine rings is 2. The molecule has 3 saturated heterocycles. The molecule has 10 heteroatoms. The number of rotatable bonds is 3. The Morgan fingerprint density at radius 1 is 0.884 bits per heavy atom. The van der Waals surface area contributed by atoms with Crippen molar-refractivity contribution in [3.8, 4) is 11.5 Å². The summed E-state index contributed by atoms with van der Waals surface area (Å²) in [4.78, 5) is 23.9. The maximum absolute atomic E-state index is 6.11. The molecule has 10 nitrogen and oxygen atoms in total. The number of hydrogen-bond acceptors (Lipinski definition) is 10. The molecule has 0 aromatic carbocycles. The van der Waals surface area contributed by atoms with Gasteiger partial charge in [0, 0.05) is 72.0 Å². The van der Waals surface area contributed by atoms with Crippen LogP contribution in [0.25, 0.3) is 0 Å². The van der Waals surface area contributed by atoms with Crippen LogP contribution >= 0.6 is 0 Å². The largest absolute Gasteiger partial charge is 0.488 e. The average molecular weight is 599 g/mol. The van der Waals surface area contributed by atoms with Crippen molar-refractivity contribution in [2.45, 2.75) is 123 Å². The SMILES string of the molecule is CC.CCc1nc(C(C)C)nc2c1OCCC1C3CCC(CN21)N3.Cc1nc(C(C)C)c2c(n1)N1CCNCC1CCO2.[HH].[HH]. The van der Waals surface area contributed by atoms with E-state index in [0.29, 0.717) is 36.0 Å². The van der Waals surface area contributed by atoms with Crippen LogP contribution in [0, 0.1) is 6.92 Å². The highest BCUT2D eigenvalue weighted by Crippen LogP contribution is 2.40. The van der Waals surface area contributed by atoms with Crippen molar-refractivity contribution in [1.29, 1.82) is 0 Å². The molecule has 2 aromatic heterocycles. The summed E-state index contributed by atoms with van der Waals surface area (Å²) in [5.74, 6) is 6.39. The number of hydrogen-bond donors (Lipinski definition) is 2. The highest BCUT2D eigenvalue weighted by atomic mass is 16.5. The zero-order valence-corrected chi connectivity index (χ0v) is 27.7. The molecule has 242 valence electrons. The fourth-order valence-electron chi connectivity index (χ4n) is 7.00. The lowest BCUT2D eigenvalue weighted by Gasteiger charge is -2.40. The molecule has 4 unspecified atom stereocenters. The maximum atomic E-state index is 6.11. The normalized spacial score (nSPS) is 25.3. The Labute approximate surface area is 261 Å². The highest BCUT2D eigenvalue weighted by Gasteiger charge is 2.43. The van der Waals surface area contributed by atoms with Gasteiger partial charge in [-0.15, -0.1) is 0 Å². The fraction of sp³-hybridized carbons (Fsp3) is 0.758. The predicted octanol–water partition coefficient (Wildman–Crippen LogP) is 5.24. The molecule has 7 rings (SSSR count). The fourth-order valence-corrected chi connectivity index (χ4v) is 7.00. The third kappa shape index (κ3) is 6.55. The summed E-state index contributed by atoms with van der Waals surface area (Å²) in [6.45, 7) is 22.4. The second kappa shape index (κ2) is 13.9. The first-order valence-electron chi connectivity index (χ1n) is 16.9. The zero-order chi connectivity index (χ0) is 30.7. The molecule has 7 heterocycles. The van der Waals surface area contributed by atoms with Crippen LogP contribution in [-0.2, 0) is 6.42 Å². The Bertz CT molecular complexity index is 1250. The van der Waals surface area contributed by atoms with Crippen LogP contribution in [0.3, 0.4) is 0 Å². The predicted molar refractivity (Wildman–Crippen MR) is 177 cm³/mol. The van der Waals surface area contributed by atoms with Crippen LogP contribution in [0.15, 0.2) is 0 Å². The van der Waals surface area contributed by atoms with E-state index in [1.54, 1.807) is 0 Å². The maximum Gasteiger partial charge on any atom is 0.183 e. The van der Waals surface area contributed by atoms with Crippen molar-refractivity contribution in [1.82, 2.24) is 30.6 Å². The van der Waals surface area contributed by atoms with E-state index in [0.717, 1.165) is 105 Å². The molecule has 0 spiro atoms. The molecular formula is C33H58N8O2. The van der Waals surface area contributed by atoms with Crippen molar-refractivity contribution >= 4 is 11.6 Å². The molecule has 0 saturated carbocycles. The van der Waals surface area contributed by atoms with Crippen LogP contribution in [0.2, 0.25) is 0 Å². The van der Waals surface area contributed by atoms with Gasteiger partial charge in [-0.3, -0.25) is 0 Å². The van der Waals surface area contributed by atoms with Gasteiger partial charge in [0.05, 0.1) is 24.6 Å². The molecule has 2 aromatic rings. The van der Waals surface area contributed by atoms with Crippen molar-refractivity contribution in [3.05, 3.63) is 23.0 Å². The van der Waals surface area contributed by atoms with Gasteiger partial charge >= 0.3 is 0 Å². The number of ether oxygens (including phenoxy) is 2. The second-order valence-corrected chi connectivity index (χ2v) is 12.7.